The lowest BCUT2D eigenvalue weighted by molar-refractivity contribution is -0.154. The number of anilines is 1. The minimum atomic E-state index is -0.861. The van der Waals surface area contributed by atoms with Crippen LogP contribution in [0.1, 0.15) is 27.2 Å². The number of para-hydroxylation sites is 1. The summed E-state index contributed by atoms with van der Waals surface area (Å²) in [5, 5.41) is 13.3. The molecule has 4 rings (SSSR count). The number of halogens is 2. The summed E-state index contributed by atoms with van der Waals surface area (Å²) in [6, 6.07) is 5.51. The third-order valence-electron chi connectivity index (χ3n) is 6.98. The molecule has 0 radical (unpaired) electrons. The number of benzene rings is 1. The van der Waals surface area contributed by atoms with Crippen molar-refractivity contribution >= 4 is 62.8 Å². The van der Waals surface area contributed by atoms with Crippen molar-refractivity contribution in [2.24, 2.45) is 17.8 Å². The minimum Gasteiger partial charge on any atom is -0.466 e. The molecular formula is C23H28BrClN2O5S. The summed E-state index contributed by atoms with van der Waals surface area (Å²) in [4.78, 5) is 42.2. The lowest BCUT2D eigenvalue weighted by atomic mass is 9.71. The maximum absolute atomic E-state index is 13.9. The normalized spacial score (nSPS) is 33.4. The van der Waals surface area contributed by atoms with Crippen molar-refractivity contribution in [2.45, 2.75) is 54.1 Å². The number of ether oxygens (including phenoxy) is 1. The Bertz CT molecular complexity index is 965. The van der Waals surface area contributed by atoms with Crippen LogP contribution in [-0.2, 0) is 19.1 Å². The quantitative estimate of drug-likeness (QED) is 0.393. The van der Waals surface area contributed by atoms with E-state index in [1.807, 2.05) is 13.8 Å². The van der Waals surface area contributed by atoms with Crippen molar-refractivity contribution in [2.75, 3.05) is 18.5 Å². The van der Waals surface area contributed by atoms with E-state index in [0.29, 0.717) is 17.1 Å². The zero-order valence-electron chi connectivity index (χ0n) is 18.7. The summed E-state index contributed by atoms with van der Waals surface area (Å²) in [5.41, 5.74) is 0.455. The highest BCUT2D eigenvalue weighted by molar-refractivity contribution is 9.09. The highest BCUT2D eigenvalue weighted by Gasteiger charge is 2.76. The molecule has 3 fully saturated rings. The van der Waals surface area contributed by atoms with Gasteiger partial charge in [0.25, 0.3) is 0 Å². The number of alkyl halides is 1. The van der Waals surface area contributed by atoms with Crippen LogP contribution in [0.3, 0.4) is 0 Å². The van der Waals surface area contributed by atoms with Crippen LogP contribution >= 0.6 is 39.3 Å². The highest BCUT2D eigenvalue weighted by atomic mass is 79.9. The van der Waals surface area contributed by atoms with Gasteiger partial charge in [-0.2, -0.15) is 0 Å². The summed E-state index contributed by atoms with van der Waals surface area (Å²) < 4.78 is 4.54. The molecule has 1 spiro atoms. The number of aliphatic hydroxyl groups excluding tert-OH is 1. The summed E-state index contributed by atoms with van der Waals surface area (Å²) in [6.07, 6.45) is 0.558. The predicted molar refractivity (Wildman–Crippen MR) is 131 cm³/mol. The Morgan fingerprint density at radius 1 is 1.39 bits per heavy atom. The molecule has 2 N–H and O–H groups in total. The van der Waals surface area contributed by atoms with Gasteiger partial charge in [-0.15, -0.1) is 11.8 Å². The third kappa shape index (κ3) is 3.89. The predicted octanol–water partition coefficient (Wildman–Crippen LogP) is 3.32. The molecule has 0 aromatic heterocycles. The van der Waals surface area contributed by atoms with Gasteiger partial charge in [-0.1, -0.05) is 53.5 Å². The molecule has 2 bridgehead atoms. The first-order chi connectivity index (χ1) is 15.7. The zero-order valence-corrected chi connectivity index (χ0v) is 21.8. The number of hydrogen-bond acceptors (Lipinski definition) is 6. The fourth-order valence-corrected chi connectivity index (χ4v) is 9.39. The van der Waals surface area contributed by atoms with E-state index in [4.69, 9.17) is 16.3 Å². The van der Waals surface area contributed by atoms with Crippen molar-refractivity contribution in [3.05, 3.63) is 29.3 Å². The lowest BCUT2D eigenvalue weighted by Gasteiger charge is -2.38. The average molecular weight is 560 g/mol. The van der Waals surface area contributed by atoms with E-state index in [-0.39, 0.29) is 41.0 Å². The van der Waals surface area contributed by atoms with Crippen LogP contribution in [-0.4, -0.2) is 67.9 Å². The largest absolute Gasteiger partial charge is 0.466 e. The fourth-order valence-electron chi connectivity index (χ4n) is 5.62. The number of nitrogens with one attached hydrogen (secondary N) is 1. The molecule has 0 saturated carbocycles. The van der Waals surface area contributed by atoms with Gasteiger partial charge < -0.3 is 20.1 Å². The Morgan fingerprint density at radius 3 is 2.70 bits per heavy atom. The molecule has 2 amide bonds. The Morgan fingerprint density at radius 2 is 2.09 bits per heavy atom. The fraction of sp³-hybridized carbons (Fsp3) is 0.609. The molecule has 1 aromatic carbocycles. The zero-order chi connectivity index (χ0) is 24.1. The van der Waals surface area contributed by atoms with Crippen molar-refractivity contribution < 1.29 is 24.2 Å². The molecule has 3 unspecified atom stereocenters. The van der Waals surface area contributed by atoms with Gasteiger partial charge in [0.15, 0.2) is 0 Å². The second-order valence-corrected chi connectivity index (χ2v) is 12.2. The number of carbonyl (C=O) groups excluding carboxylic acids is 3. The molecule has 33 heavy (non-hydrogen) atoms. The first kappa shape index (κ1) is 24.8. The Hall–Kier alpha value is -1.29. The van der Waals surface area contributed by atoms with Gasteiger partial charge in [0.1, 0.15) is 6.04 Å². The van der Waals surface area contributed by atoms with Gasteiger partial charge in [-0.25, -0.2) is 0 Å². The second kappa shape index (κ2) is 9.40. The monoisotopic (exact) mass is 558 g/mol. The van der Waals surface area contributed by atoms with E-state index in [1.54, 1.807) is 31.2 Å². The molecule has 3 heterocycles. The van der Waals surface area contributed by atoms with E-state index in [1.165, 1.54) is 16.7 Å². The molecule has 1 aromatic rings. The Kier molecular flexibility index (Phi) is 7.07. The number of hydrogen-bond donors (Lipinski definition) is 2. The van der Waals surface area contributed by atoms with E-state index in [2.05, 4.69) is 21.2 Å². The first-order valence-electron chi connectivity index (χ1n) is 11.1. The van der Waals surface area contributed by atoms with Crippen LogP contribution in [0.15, 0.2) is 24.3 Å². The number of fused-ring (bicyclic) bond motifs is 1. The average Bonchev–Trinajstić information content (AvgIpc) is 3.34. The van der Waals surface area contributed by atoms with E-state index < -0.39 is 34.6 Å². The molecule has 7 nitrogen and oxygen atoms in total. The third-order valence-corrected chi connectivity index (χ3v) is 10.5. The number of carbonyl (C=O) groups is 3. The summed E-state index contributed by atoms with van der Waals surface area (Å²) in [5.74, 6) is -2.46. The van der Waals surface area contributed by atoms with Gasteiger partial charge in [-0.05, 0) is 31.4 Å². The van der Waals surface area contributed by atoms with E-state index in [0.717, 1.165) is 0 Å². The standard InChI is InChI=1S/C23H28BrClN2O5S/c1-4-32-22(31)16-17-21(30)27(15(10-28)11(2)3)19(23(17)9-12(24)18(16)33-23)20(29)26-14-8-6-5-7-13(14)25/h5-8,11-12,15-19,28H,4,9-10H2,1-3H3,(H,26,29)/t12?,15-,16-,17-,18-,19?,23?/m0/s1. The number of nitrogens with zero attached hydrogens (tertiary/aromatic N) is 1. The first-order valence-corrected chi connectivity index (χ1v) is 13.3. The molecular weight excluding hydrogens is 532 g/mol. The van der Waals surface area contributed by atoms with Gasteiger partial charge >= 0.3 is 5.97 Å². The van der Waals surface area contributed by atoms with Crippen LogP contribution in [0.25, 0.3) is 0 Å². The van der Waals surface area contributed by atoms with E-state index in [9.17, 15) is 19.5 Å². The van der Waals surface area contributed by atoms with Crippen molar-refractivity contribution in [1.29, 1.82) is 0 Å². The van der Waals surface area contributed by atoms with Gasteiger partial charge in [0, 0.05) is 10.1 Å². The van der Waals surface area contributed by atoms with Crippen LogP contribution in [0.4, 0.5) is 5.69 Å². The molecule has 3 aliphatic heterocycles. The number of thioether (sulfide) groups is 1. The maximum atomic E-state index is 13.9. The summed E-state index contributed by atoms with van der Waals surface area (Å²) in [6.45, 7) is 5.49. The number of esters is 1. The molecule has 180 valence electrons. The van der Waals surface area contributed by atoms with Gasteiger partial charge in [0.05, 0.1) is 46.5 Å². The Labute approximate surface area is 211 Å². The second-order valence-electron chi connectivity index (χ2n) is 9.12. The molecule has 7 atom stereocenters. The van der Waals surface area contributed by atoms with Gasteiger partial charge in [0.2, 0.25) is 11.8 Å². The SMILES string of the molecule is CCOC(=O)[C@H]1[C@H]2C(=O)N([C@@H](CO)C(C)C)C(C(=O)Nc3ccccc3Cl)C23CC(Br)[C@@H]1S3. The van der Waals surface area contributed by atoms with Gasteiger partial charge in [-0.3, -0.25) is 14.4 Å². The number of amides is 2. The highest BCUT2D eigenvalue weighted by Crippen LogP contribution is 2.68. The summed E-state index contributed by atoms with van der Waals surface area (Å²) in [7, 11) is 0. The van der Waals surface area contributed by atoms with E-state index >= 15 is 0 Å². The van der Waals surface area contributed by atoms with Crippen LogP contribution in [0, 0.1) is 17.8 Å². The topological polar surface area (TPSA) is 95.9 Å². The molecule has 3 aliphatic rings. The number of likely N-dealkylation sites (tertiary alicyclic amines) is 1. The molecule has 0 aliphatic carbocycles. The van der Waals surface area contributed by atoms with Crippen molar-refractivity contribution in [1.82, 2.24) is 4.90 Å². The van der Waals surface area contributed by atoms with Crippen LogP contribution < -0.4 is 5.32 Å². The van der Waals surface area contributed by atoms with Crippen LogP contribution in [0.2, 0.25) is 5.02 Å². The van der Waals surface area contributed by atoms with Crippen molar-refractivity contribution in [3.8, 4) is 0 Å². The Balaban J connectivity index is 1.79. The van der Waals surface area contributed by atoms with Crippen LogP contribution in [0.5, 0.6) is 0 Å². The molecule has 10 heteroatoms. The smallest absolute Gasteiger partial charge is 0.310 e. The number of rotatable bonds is 7. The lowest BCUT2D eigenvalue weighted by Crippen LogP contribution is -2.56. The maximum Gasteiger partial charge on any atom is 0.310 e. The summed E-state index contributed by atoms with van der Waals surface area (Å²) >= 11 is 11.5. The van der Waals surface area contributed by atoms with Crippen molar-refractivity contribution in [3.63, 3.8) is 0 Å². The number of aliphatic hydroxyl groups is 1. The molecule has 3 saturated heterocycles. The minimum absolute atomic E-state index is 0.0388.